The molecule has 8 nitrogen and oxygen atoms in total. The Balaban J connectivity index is 1.64. The number of benzene rings is 1. The maximum atomic E-state index is 13.3. The highest BCUT2D eigenvalue weighted by Gasteiger charge is 2.34. The van der Waals surface area contributed by atoms with Crippen LogP contribution in [0, 0.1) is 13.8 Å². The van der Waals surface area contributed by atoms with Crippen molar-refractivity contribution in [3.05, 3.63) is 51.4 Å². The minimum Gasteiger partial charge on any atom is -0.495 e. The predicted molar refractivity (Wildman–Crippen MR) is 113 cm³/mol. The Bertz CT molecular complexity index is 1220. The third kappa shape index (κ3) is 3.30. The summed E-state index contributed by atoms with van der Waals surface area (Å²) in [4.78, 5) is 19.7. The second kappa shape index (κ2) is 7.43. The molecule has 0 spiro atoms. The molecule has 1 fully saturated rings. The van der Waals surface area contributed by atoms with Crippen LogP contribution in [0.3, 0.4) is 0 Å². The van der Waals surface area contributed by atoms with E-state index >= 15 is 0 Å². The first kappa shape index (κ1) is 19.9. The van der Waals surface area contributed by atoms with E-state index in [4.69, 9.17) is 4.74 Å². The molecule has 0 amide bonds. The lowest BCUT2D eigenvalue weighted by Crippen LogP contribution is -2.49. The molecule has 3 heterocycles. The van der Waals surface area contributed by atoms with Gasteiger partial charge in [0.15, 0.2) is 9.86 Å². The zero-order valence-corrected chi connectivity index (χ0v) is 18.1. The number of thiazole rings is 1. The van der Waals surface area contributed by atoms with Crippen LogP contribution in [0.5, 0.6) is 5.75 Å². The summed E-state index contributed by atoms with van der Waals surface area (Å²) in [6.45, 7) is 4.92. The maximum Gasteiger partial charge on any atom is 0.279 e. The van der Waals surface area contributed by atoms with Crippen molar-refractivity contribution in [2.45, 2.75) is 18.7 Å². The average Bonchev–Trinajstić information content (AvgIpc) is 3.08. The van der Waals surface area contributed by atoms with E-state index in [9.17, 15) is 13.2 Å². The Hall–Kier alpha value is -2.43. The summed E-state index contributed by atoms with van der Waals surface area (Å²) in [6.07, 6.45) is 0. The van der Waals surface area contributed by atoms with Gasteiger partial charge in [-0.15, -0.1) is 11.3 Å². The molecule has 10 heteroatoms. The summed E-state index contributed by atoms with van der Waals surface area (Å²) in [5, 5.41) is 1.80. The number of rotatable bonds is 4. The number of fused-ring (bicyclic) bond motifs is 1. The van der Waals surface area contributed by atoms with Gasteiger partial charge < -0.3 is 9.64 Å². The maximum absolute atomic E-state index is 13.3. The van der Waals surface area contributed by atoms with Crippen molar-refractivity contribution < 1.29 is 13.2 Å². The minimum atomic E-state index is -3.95. The van der Waals surface area contributed by atoms with Crippen molar-refractivity contribution >= 4 is 32.0 Å². The van der Waals surface area contributed by atoms with Gasteiger partial charge in [0, 0.05) is 37.3 Å². The van der Waals surface area contributed by atoms with E-state index in [2.05, 4.69) is 9.88 Å². The number of ether oxygens (including phenoxy) is 1. The summed E-state index contributed by atoms with van der Waals surface area (Å²) in [7, 11) is -2.33. The van der Waals surface area contributed by atoms with Gasteiger partial charge in [0.25, 0.3) is 15.6 Å². The highest BCUT2D eigenvalue weighted by Crippen LogP contribution is 2.29. The van der Waals surface area contributed by atoms with Gasteiger partial charge in [-0.2, -0.15) is 4.31 Å². The fourth-order valence-electron chi connectivity index (χ4n) is 3.65. The second-order valence-electron chi connectivity index (χ2n) is 6.89. The number of para-hydroxylation sites is 2. The van der Waals surface area contributed by atoms with Crippen LogP contribution in [0.25, 0.3) is 4.96 Å². The van der Waals surface area contributed by atoms with Gasteiger partial charge in [0.05, 0.1) is 18.5 Å². The molecule has 0 atom stereocenters. The Morgan fingerprint density at radius 2 is 1.79 bits per heavy atom. The molecule has 0 saturated carbocycles. The number of hydrogen-bond donors (Lipinski definition) is 0. The molecule has 1 aliphatic heterocycles. The summed E-state index contributed by atoms with van der Waals surface area (Å²) in [6, 6.07) is 7.66. The van der Waals surface area contributed by atoms with E-state index in [0.717, 1.165) is 11.4 Å². The monoisotopic (exact) mass is 434 g/mol. The van der Waals surface area contributed by atoms with Crippen LogP contribution in [-0.2, 0) is 10.0 Å². The van der Waals surface area contributed by atoms with Gasteiger partial charge in [-0.25, -0.2) is 13.4 Å². The standard InChI is InChI=1S/C19H22N4O4S2/c1-13-12-28-19-20-14(2)17(18(24)23(13)19)29(25,26)22-10-8-21(9-11-22)15-6-4-5-7-16(15)27-3/h4-7,12H,8-11H2,1-3H3. The summed E-state index contributed by atoms with van der Waals surface area (Å²) < 4.78 is 34.8. The molecule has 0 bridgehead atoms. The third-order valence-electron chi connectivity index (χ3n) is 5.13. The largest absolute Gasteiger partial charge is 0.495 e. The predicted octanol–water partition coefficient (Wildman–Crippen LogP) is 1.89. The highest BCUT2D eigenvalue weighted by atomic mass is 32.2. The van der Waals surface area contributed by atoms with Gasteiger partial charge in [0.2, 0.25) is 0 Å². The topological polar surface area (TPSA) is 84.2 Å². The van der Waals surface area contributed by atoms with E-state index in [1.165, 1.54) is 20.0 Å². The Labute approximate surface area is 173 Å². The number of nitrogens with zero attached hydrogens (tertiary/aromatic N) is 4. The lowest BCUT2D eigenvalue weighted by molar-refractivity contribution is 0.377. The Morgan fingerprint density at radius 3 is 2.48 bits per heavy atom. The molecule has 154 valence electrons. The third-order valence-corrected chi connectivity index (χ3v) is 8.11. The van der Waals surface area contributed by atoms with Gasteiger partial charge in [-0.1, -0.05) is 12.1 Å². The van der Waals surface area contributed by atoms with E-state index in [0.29, 0.717) is 23.7 Å². The molecule has 1 saturated heterocycles. The Kier molecular flexibility index (Phi) is 5.09. The zero-order chi connectivity index (χ0) is 20.8. The molecule has 1 aliphatic rings. The Morgan fingerprint density at radius 1 is 1.10 bits per heavy atom. The molecule has 1 aromatic carbocycles. The van der Waals surface area contributed by atoms with Crippen LogP contribution in [0.1, 0.15) is 11.4 Å². The van der Waals surface area contributed by atoms with Crippen LogP contribution in [0.15, 0.2) is 39.3 Å². The summed E-state index contributed by atoms with van der Waals surface area (Å²) in [5.74, 6) is 0.750. The normalized spacial score (nSPS) is 15.8. The van der Waals surface area contributed by atoms with Crippen molar-refractivity contribution in [1.82, 2.24) is 13.7 Å². The molecule has 0 aliphatic carbocycles. The SMILES string of the molecule is COc1ccccc1N1CCN(S(=O)(=O)c2c(C)nc3scc(C)n3c2=O)CC1. The van der Waals surface area contributed by atoms with Crippen LogP contribution < -0.4 is 15.2 Å². The smallest absolute Gasteiger partial charge is 0.279 e. The van der Waals surface area contributed by atoms with Crippen LogP contribution >= 0.6 is 11.3 Å². The van der Waals surface area contributed by atoms with Crippen molar-refractivity contribution in [2.24, 2.45) is 0 Å². The van der Waals surface area contributed by atoms with Crippen molar-refractivity contribution in [1.29, 1.82) is 0 Å². The number of hydrogen-bond acceptors (Lipinski definition) is 7. The molecule has 0 unspecified atom stereocenters. The number of methoxy groups -OCH3 is 1. The van der Waals surface area contributed by atoms with E-state index in [1.54, 1.807) is 26.3 Å². The van der Waals surface area contributed by atoms with Gasteiger partial charge >= 0.3 is 0 Å². The van der Waals surface area contributed by atoms with Crippen LogP contribution in [0.2, 0.25) is 0 Å². The second-order valence-corrected chi connectivity index (χ2v) is 9.60. The lowest BCUT2D eigenvalue weighted by atomic mass is 10.2. The fraction of sp³-hybridized carbons (Fsp3) is 0.368. The number of sulfonamides is 1. The first-order chi connectivity index (χ1) is 13.8. The van der Waals surface area contributed by atoms with E-state index < -0.39 is 15.6 Å². The first-order valence-electron chi connectivity index (χ1n) is 9.20. The number of aryl methyl sites for hydroxylation is 2. The number of anilines is 1. The van der Waals surface area contributed by atoms with Crippen molar-refractivity contribution in [3.63, 3.8) is 0 Å². The molecule has 29 heavy (non-hydrogen) atoms. The van der Waals surface area contributed by atoms with Crippen LogP contribution in [0.4, 0.5) is 5.69 Å². The van der Waals surface area contributed by atoms with E-state index in [-0.39, 0.29) is 23.7 Å². The van der Waals surface area contributed by atoms with Crippen molar-refractivity contribution in [3.8, 4) is 5.75 Å². The minimum absolute atomic E-state index is 0.234. The molecular formula is C19H22N4O4S2. The number of piperazine rings is 1. The summed E-state index contributed by atoms with van der Waals surface area (Å²) in [5.41, 5.74) is 1.32. The molecule has 2 aromatic heterocycles. The molecule has 3 aromatic rings. The quantitative estimate of drug-likeness (QED) is 0.624. The van der Waals surface area contributed by atoms with Gasteiger partial charge in [0.1, 0.15) is 5.75 Å². The zero-order valence-electron chi connectivity index (χ0n) is 16.5. The molecule has 4 rings (SSSR count). The molecule has 0 N–H and O–H groups in total. The average molecular weight is 435 g/mol. The van der Waals surface area contributed by atoms with Crippen molar-refractivity contribution in [2.75, 3.05) is 38.2 Å². The highest BCUT2D eigenvalue weighted by molar-refractivity contribution is 7.89. The van der Waals surface area contributed by atoms with Gasteiger partial charge in [-0.05, 0) is 26.0 Å². The van der Waals surface area contributed by atoms with Crippen LogP contribution in [-0.4, -0.2) is 55.4 Å². The first-order valence-corrected chi connectivity index (χ1v) is 11.5. The fourth-order valence-corrected chi connectivity index (χ4v) is 6.19. The summed E-state index contributed by atoms with van der Waals surface area (Å²) >= 11 is 1.32. The molecular weight excluding hydrogens is 412 g/mol. The number of aromatic nitrogens is 2. The lowest BCUT2D eigenvalue weighted by Gasteiger charge is -2.35. The van der Waals surface area contributed by atoms with E-state index in [1.807, 2.05) is 24.3 Å². The molecule has 0 radical (unpaired) electrons. The van der Waals surface area contributed by atoms with Gasteiger partial charge in [-0.3, -0.25) is 9.20 Å².